The predicted octanol–water partition coefficient (Wildman–Crippen LogP) is 4.79. The first-order valence-electron chi connectivity index (χ1n) is 6.81. The van der Waals surface area contributed by atoms with E-state index in [0.717, 1.165) is 15.6 Å². The van der Waals surface area contributed by atoms with E-state index in [2.05, 4.69) is 20.7 Å². The Morgan fingerprint density at radius 2 is 1.91 bits per heavy atom. The van der Waals surface area contributed by atoms with E-state index in [0.29, 0.717) is 30.2 Å². The maximum absolute atomic E-state index is 11.2. The van der Waals surface area contributed by atoms with E-state index >= 15 is 0 Å². The third kappa shape index (κ3) is 4.75. The third-order valence-electron chi connectivity index (χ3n) is 3.13. The van der Waals surface area contributed by atoms with Gasteiger partial charge in [-0.15, -0.1) is 0 Å². The summed E-state index contributed by atoms with van der Waals surface area (Å²) < 4.78 is 11.2. The number of rotatable bonds is 6. The smallest absolute Gasteiger partial charge is 0.305 e. The quantitative estimate of drug-likeness (QED) is 0.673. The highest BCUT2D eigenvalue weighted by Gasteiger charge is 2.11. The van der Waals surface area contributed by atoms with Gasteiger partial charge in [0.15, 0.2) is 5.75 Å². The summed E-state index contributed by atoms with van der Waals surface area (Å²) >= 11 is 9.75. The minimum absolute atomic E-state index is 0.239. The lowest BCUT2D eigenvalue weighted by Crippen LogP contribution is -2.02. The molecule has 0 saturated carbocycles. The maximum atomic E-state index is 11.2. The number of hydrogen-bond acceptors (Lipinski definition) is 3. The fraction of sp³-hybridized carbons (Fsp3) is 0.235. The van der Waals surface area contributed by atoms with Crippen molar-refractivity contribution in [1.82, 2.24) is 0 Å². The molecule has 0 aromatic heterocycles. The van der Waals surface area contributed by atoms with Crippen molar-refractivity contribution in [3.63, 3.8) is 0 Å². The van der Waals surface area contributed by atoms with Crippen molar-refractivity contribution >= 4 is 33.5 Å². The van der Waals surface area contributed by atoms with Gasteiger partial charge in [0.2, 0.25) is 0 Å². The highest BCUT2D eigenvalue weighted by Crippen LogP contribution is 2.35. The number of ether oxygens (including phenoxy) is 2. The van der Waals surface area contributed by atoms with Crippen LogP contribution in [0, 0.1) is 0 Å². The molecule has 0 heterocycles. The van der Waals surface area contributed by atoms with Gasteiger partial charge in [0, 0.05) is 6.42 Å². The SMILES string of the molecule is COC(=O)CCc1cc(Cl)c(OCc2ccccc2)c(Br)c1. The average molecular weight is 384 g/mol. The number of hydrogen-bond donors (Lipinski definition) is 0. The van der Waals surface area contributed by atoms with Crippen molar-refractivity contribution in [2.45, 2.75) is 19.4 Å². The number of benzene rings is 2. The molecule has 2 aromatic carbocycles. The number of methoxy groups -OCH3 is 1. The molecule has 3 nitrogen and oxygen atoms in total. The predicted molar refractivity (Wildman–Crippen MR) is 90.3 cm³/mol. The molecule has 0 spiro atoms. The van der Waals surface area contributed by atoms with Gasteiger partial charge >= 0.3 is 5.97 Å². The van der Waals surface area contributed by atoms with Gasteiger partial charge in [-0.25, -0.2) is 0 Å². The van der Waals surface area contributed by atoms with Crippen molar-refractivity contribution in [3.05, 3.63) is 63.1 Å². The molecule has 2 aromatic rings. The second-order valence-corrected chi connectivity index (χ2v) is 6.00. The molecule has 5 heteroatoms. The van der Waals surface area contributed by atoms with Gasteiger partial charge in [0.05, 0.1) is 16.6 Å². The lowest BCUT2D eigenvalue weighted by Gasteiger charge is -2.12. The first-order valence-corrected chi connectivity index (χ1v) is 7.98. The summed E-state index contributed by atoms with van der Waals surface area (Å²) in [4.78, 5) is 11.2. The molecule has 0 atom stereocenters. The van der Waals surface area contributed by atoms with Crippen molar-refractivity contribution in [1.29, 1.82) is 0 Å². The summed E-state index contributed by atoms with van der Waals surface area (Å²) in [6.45, 7) is 0.445. The van der Waals surface area contributed by atoms with E-state index in [1.165, 1.54) is 7.11 Å². The van der Waals surface area contributed by atoms with Crippen LogP contribution in [0.15, 0.2) is 46.9 Å². The Labute approximate surface area is 143 Å². The first-order chi connectivity index (χ1) is 10.6. The second kappa shape index (κ2) is 8.20. The minimum atomic E-state index is -0.239. The van der Waals surface area contributed by atoms with Gasteiger partial charge in [-0.3, -0.25) is 4.79 Å². The van der Waals surface area contributed by atoms with Gasteiger partial charge in [0.25, 0.3) is 0 Å². The van der Waals surface area contributed by atoms with E-state index in [-0.39, 0.29) is 5.97 Å². The van der Waals surface area contributed by atoms with Crippen LogP contribution < -0.4 is 4.74 Å². The van der Waals surface area contributed by atoms with E-state index in [1.807, 2.05) is 42.5 Å². The largest absolute Gasteiger partial charge is 0.486 e. The van der Waals surface area contributed by atoms with E-state index < -0.39 is 0 Å². The molecule has 22 heavy (non-hydrogen) atoms. The van der Waals surface area contributed by atoms with Crippen molar-refractivity contribution < 1.29 is 14.3 Å². The van der Waals surface area contributed by atoms with Crippen molar-refractivity contribution in [2.75, 3.05) is 7.11 Å². The average Bonchev–Trinajstić information content (AvgIpc) is 2.52. The minimum Gasteiger partial charge on any atom is -0.486 e. The maximum Gasteiger partial charge on any atom is 0.305 e. The fourth-order valence-electron chi connectivity index (χ4n) is 1.97. The van der Waals surface area contributed by atoms with Crippen LogP contribution in [0.2, 0.25) is 5.02 Å². The van der Waals surface area contributed by atoms with Gasteiger partial charge in [0.1, 0.15) is 6.61 Å². The number of carbonyl (C=O) groups is 1. The zero-order chi connectivity index (χ0) is 15.9. The molecule has 0 amide bonds. The number of halogens is 2. The summed E-state index contributed by atoms with van der Waals surface area (Å²) in [5.41, 5.74) is 2.02. The van der Waals surface area contributed by atoms with Gasteiger partial charge < -0.3 is 9.47 Å². The molecule has 0 saturated heterocycles. The molecule has 0 bridgehead atoms. The molecule has 0 aliphatic carbocycles. The lowest BCUT2D eigenvalue weighted by atomic mass is 10.1. The van der Waals surface area contributed by atoms with Crippen LogP contribution >= 0.6 is 27.5 Å². The molecule has 0 aliphatic rings. The van der Waals surface area contributed by atoms with Crippen LogP contribution in [0.4, 0.5) is 0 Å². The monoisotopic (exact) mass is 382 g/mol. The number of aryl methyl sites for hydroxylation is 1. The number of carbonyl (C=O) groups excluding carboxylic acids is 1. The first kappa shape index (κ1) is 16.8. The zero-order valence-corrected chi connectivity index (χ0v) is 14.5. The van der Waals surface area contributed by atoms with Gasteiger partial charge in [-0.1, -0.05) is 41.9 Å². The van der Waals surface area contributed by atoms with Gasteiger partial charge in [-0.2, -0.15) is 0 Å². The van der Waals surface area contributed by atoms with Crippen molar-refractivity contribution in [2.24, 2.45) is 0 Å². The van der Waals surface area contributed by atoms with Crippen LogP contribution in [0.1, 0.15) is 17.5 Å². The molecule has 0 N–H and O–H groups in total. The lowest BCUT2D eigenvalue weighted by molar-refractivity contribution is -0.140. The Balaban J connectivity index is 2.05. The van der Waals surface area contributed by atoms with Crippen LogP contribution in [-0.2, 0) is 22.6 Å². The Morgan fingerprint density at radius 1 is 1.18 bits per heavy atom. The summed E-state index contributed by atoms with van der Waals surface area (Å²) in [5, 5.41) is 0.519. The molecule has 116 valence electrons. The summed E-state index contributed by atoms with van der Waals surface area (Å²) in [5.74, 6) is 0.365. The summed E-state index contributed by atoms with van der Waals surface area (Å²) in [7, 11) is 1.38. The molecule has 0 fully saturated rings. The standard InChI is InChI=1S/C17H16BrClO3/c1-21-16(20)8-7-13-9-14(18)17(15(19)10-13)22-11-12-5-3-2-4-6-12/h2-6,9-10H,7-8,11H2,1H3. The fourth-order valence-corrected chi connectivity index (χ4v) is 3.01. The Bertz CT molecular complexity index is 621. The molecule has 0 unspecified atom stereocenters. The molecule has 0 radical (unpaired) electrons. The third-order valence-corrected chi connectivity index (χ3v) is 4.00. The van der Waals surface area contributed by atoms with Gasteiger partial charge in [-0.05, 0) is 45.6 Å². The highest BCUT2D eigenvalue weighted by atomic mass is 79.9. The van der Waals surface area contributed by atoms with E-state index in [1.54, 1.807) is 0 Å². The topological polar surface area (TPSA) is 35.5 Å². The Kier molecular flexibility index (Phi) is 6.28. The molecule has 0 aliphatic heterocycles. The molecular weight excluding hydrogens is 368 g/mol. The Morgan fingerprint density at radius 3 is 2.55 bits per heavy atom. The Hall–Kier alpha value is -1.52. The number of esters is 1. The summed E-state index contributed by atoms with van der Waals surface area (Å²) in [6, 6.07) is 13.6. The van der Waals surface area contributed by atoms with Crippen LogP contribution in [0.3, 0.4) is 0 Å². The van der Waals surface area contributed by atoms with Crippen LogP contribution in [0.5, 0.6) is 5.75 Å². The van der Waals surface area contributed by atoms with Crippen LogP contribution in [0.25, 0.3) is 0 Å². The van der Waals surface area contributed by atoms with E-state index in [9.17, 15) is 4.79 Å². The summed E-state index contributed by atoms with van der Waals surface area (Å²) in [6.07, 6.45) is 0.896. The second-order valence-electron chi connectivity index (χ2n) is 4.74. The zero-order valence-electron chi connectivity index (χ0n) is 12.1. The van der Waals surface area contributed by atoms with Crippen LogP contribution in [-0.4, -0.2) is 13.1 Å². The molecule has 2 rings (SSSR count). The highest BCUT2D eigenvalue weighted by molar-refractivity contribution is 9.10. The molecular formula is C17H16BrClO3. The normalized spacial score (nSPS) is 10.3. The van der Waals surface area contributed by atoms with Crippen molar-refractivity contribution in [3.8, 4) is 5.75 Å². The van der Waals surface area contributed by atoms with E-state index in [4.69, 9.17) is 16.3 Å².